The van der Waals surface area contributed by atoms with Crippen molar-refractivity contribution in [3.63, 3.8) is 0 Å². The molecule has 8 nitrogen and oxygen atoms in total. The molecule has 1 unspecified atom stereocenters. The van der Waals surface area contributed by atoms with Gasteiger partial charge in [-0.1, -0.05) is 0 Å². The Labute approximate surface area is 148 Å². The Kier molecular flexibility index (Phi) is 5.06. The molecule has 2 fully saturated rings. The van der Waals surface area contributed by atoms with Gasteiger partial charge >= 0.3 is 0 Å². The van der Waals surface area contributed by atoms with Gasteiger partial charge in [0.1, 0.15) is 5.82 Å². The van der Waals surface area contributed by atoms with Crippen molar-refractivity contribution in [1.82, 2.24) is 20.2 Å². The number of hydrogen-bond donors (Lipinski definition) is 1. The summed E-state index contributed by atoms with van der Waals surface area (Å²) >= 11 is 0. The molecule has 8 heteroatoms. The number of hydrogen-bond acceptors (Lipinski definition) is 6. The third kappa shape index (κ3) is 4.00. The van der Waals surface area contributed by atoms with Gasteiger partial charge in [0.25, 0.3) is 0 Å². The molecule has 1 N–H and O–H groups in total. The first kappa shape index (κ1) is 17.4. The van der Waals surface area contributed by atoms with Crippen molar-refractivity contribution in [3.8, 4) is 0 Å². The normalized spacial score (nSPS) is 21.1. The first-order valence-corrected chi connectivity index (χ1v) is 8.77. The molecule has 3 rings (SSSR count). The number of piperidine rings is 1. The van der Waals surface area contributed by atoms with E-state index in [2.05, 4.69) is 20.2 Å². The summed E-state index contributed by atoms with van der Waals surface area (Å²) in [7, 11) is 3.93. The van der Waals surface area contributed by atoms with Crippen LogP contribution in [-0.2, 0) is 9.59 Å². The van der Waals surface area contributed by atoms with Crippen LogP contribution in [0.3, 0.4) is 0 Å². The number of aromatic nitrogens is 2. The van der Waals surface area contributed by atoms with Crippen LogP contribution in [0.1, 0.15) is 18.5 Å². The number of nitrogens with one attached hydrogen (secondary N) is 1. The van der Waals surface area contributed by atoms with Crippen molar-refractivity contribution in [2.45, 2.75) is 19.8 Å². The predicted octanol–water partition coefficient (Wildman–Crippen LogP) is 0.0258. The fourth-order valence-electron chi connectivity index (χ4n) is 3.24. The molecule has 3 heterocycles. The van der Waals surface area contributed by atoms with Gasteiger partial charge < -0.3 is 20.0 Å². The fourth-order valence-corrected chi connectivity index (χ4v) is 3.24. The molecule has 2 aliphatic rings. The van der Waals surface area contributed by atoms with Crippen molar-refractivity contribution < 1.29 is 9.59 Å². The van der Waals surface area contributed by atoms with Gasteiger partial charge in [0.05, 0.1) is 5.92 Å². The lowest BCUT2D eigenvalue weighted by Gasteiger charge is -2.37. The van der Waals surface area contributed by atoms with Gasteiger partial charge in [-0.2, -0.15) is 4.98 Å². The van der Waals surface area contributed by atoms with Gasteiger partial charge in [0.2, 0.25) is 17.8 Å². The molecule has 0 radical (unpaired) electrons. The van der Waals surface area contributed by atoms with E-state index in [0.717, 1.165) is 30.5 Å². The molecule has 1 aromatic heterocycles. The van der Waals surface area contributed by atoms with Gasteiger partial charge in [-0.05, 0) is 13.3 Å². The van der Waals surface area contributed by atoms with Crippen LogP contribution >= 0.6 is 0 Å². The van der Waals surface area contributed by atoms with Crippen molar-refractivity contribution >= 4 is 23.6 Å². The highest BCUT2D eigenvalue weighted by Crippen LogP contribution is 2.19. The van der Waals surface area contributed by atoms with E-state index in [1.165, 1.54) is 0 Å². The maximum Gasteiger partial charge on any atom is 0.227 e. The average molecular weight is 346 g/mol. The summed E-state index contributed by atoms with van der Waals surface area (Å²) in [6.07, 6.45) is 1.10. The van der Waals surface area contributed by atoms with Gasteiger partial charge in [0, 0.05) is 65.0 Å². The second-order valence-corrected chi connectivity index (χ2v) is 6.91. The highest BCUT2D eigenvalue weighted by Gasteiger charge is 2.30. The molecule has 2 aliphatic heterocycles. The Balaban J connectivity index is 1.60. The number of carbonyl (C=O) groups is 2. The molecular formula is C17H26N6O2. The zero-order valence-electron chi connectivity index (χ0n) is 15.2. The quantitative estimate of drug-likeness (QED) is 0.831. The van der Waals surface area contributed by atoms with Crippen LogP contribution in [0, 0.1) is 12.8 Å². The van der Waals surface area contributed by atoms with Gasteiger partial charge in [-0.15, -0.1) is 0 Å². The van der Waals surface area contributed by atoms with Gasteiger partial charge in [0.15, 0.2) is 0 Å². The molecule has 1 aromatic rings. The van der Waals surface area contributed by atoms with E-state index in [4.69, 9.17) is 0 Å². The van der Waals surface area contributed by atoms with Crippen molar-refractivity contribution in [1.29, 1.82) is 0 Å². The fraction of sp³-hybridized carbons (Fsp3) is 0.647. The second-order valence-electron chi connectivity index (χ2n) is 6.91. The number of piperazine rings is 1. The molecule has 0 aromatic carbocycles. The van der Waals surface area contributed by atoms with Crippen LogP contribution in [0.15, 0.2) is 6.07 Å². The molecule has 0 saturated carbocycles. The van der Waals surface area contributed by atoms with Crippen LogP contribution in [0.5, 0.6) is 0 Å². The molecular weight excluding hydrogens is 320 g/mol. The van der Waals surface area contributed by atoms with Crippen LogP contribution in [-0.4, -0.2) is 73.5 Å². The monoisotopic (exact) mass is 346 g/mol. The number of rotatable bonds is 3. The first-order valence-electron chi connectivity index (χ1n) is 8.77. The number of aryl methyl sites for hydroxylation is 1. The molecule has 136 valence electrons. The standard InChI is InChI=1S/C17H26N6O2/c1-12-10-14(21(2)3)20-17(19-12)23-8-6-22(7-9-23)16(25)13-4-5-15(24)18-11-13/h10,13H,4-9,11H2,1-3H3,(H,18,24). The molecule has 2 saturated heterocycles. The Morgan fingerprint density at radius 2 is 1.96 bits per heavy atom. The Morgan fingerprint density at radius 3 is 2.56 bits per heavy atom. The second kappa shape index (κ2) is 7.25. The summed E-state index contributed by atoms with van der Waals surface area (Å²) in [6.45, 7) is 5.21. The van der Waals surface area contributed by atoms with Gasteiger partial charge in [-0.3, -0.25) is 9.59 Å². The van der Waals surface area contributed by atoms with Crippen molar-refractivity contribution in [2.75, 3.05) is 56.6 Å². The topological polar surface area (TPSA) is 81.7 Å². The minimum atomic E-state index is -0.0835. The summed E-state index contributed by atoms with van der Waals surface area (Å²) in [4.78, 5) is 39.0. The van der Waals surface area contributed by atoms with E-state index in [-0.39, 0.29) is 17.7 Å². The highest BCUT2D eigenvalue weighted by molar-refractivity contribution is 5.84. The zero-order chi connectivity index (χ0) is 18.0. The lowest BCUT2D eigenvalue weighted by Crippen LogP contribution is -2.53. The van der Waals surface area contributed by atoms with E-state index < -0.39 is 0 Å². The van der Waals surface area contributed by atoms with Crippen LogP contribution in [0.4, 0.5) is 11.8 Å². The lowest BCUT2D eigenvalue weighted by molar-refractivity contribution is -0.137. The summed E-state index contributed by atoms with van der Waals surface area (Å²) in [5.74, 6) is 1.72. The zero-order valence-corrected chi connectivity index (χ0v) is 15.2. The van der Waals surface area contributed by atoms with Crippen LogP contribution in [0.25, 0.3) is 0 Å². The summed E-state index contributed by atoms with van der Waals surface area (Å²) in [5.41, 5.74) is 0.935. The largest absolute Gasteiger partial charge is 0.363 e. The highest BCUT2D eigenvalue weighted by atomic mass is 16.2. The number of nitrogens with zero attached hydrogens (tertiary/aromatic N) is 5. The molecule has 25 heavy (non-hydrogen) atoms. The van der Waals surface area contributed by atoms with Gasteiger partial charge in [-0.25, -0.2) is 4.98 Å². The SMILES string of the molecule is Cc1cc(N(C)C)nc(N2CCN(C(=O)C3CCC(=O)NC3)CC2)n1. The minimum Gasteiger partial charge on any atom is -0.363 e. The van der Waals surface area contributed by atoms with Crippen LogP contribution in [0.2, 0.25) is 0 Å². The summed E-state index contributed by atoms with van der Waals surface area (Å²) in [5, 5.41) is 2.79. The minimum absolute atomic E-state index is 0.0437. The summed E-state index contributed by atoms with van der Waals surface area (Å²) in [6, 6.07) is 1.96. The third-order valence-electron chi connectivity index (χ3n) is 4.78. The van der Waals surface area contributed by atoms with E-state index in [1.54, 1.807) is 0 Å². The Hall–Kier alpha value is -2.38. The van der Waals surface area contributed by atoms with E-state index in [9.17, 15) is 9.59 Å². The molecule has 0 aliphatic carbocycles. The first-order chi connectivity index (χ1) is 11.9. The smallest absolute Gasteiger partial charge is 0.227 e. The van der Waals surface area contributed by atoms with Crippen molar-refractivity contribution in [3.05, 3.63) is 11.8 Å². The maximum atomic E-state index is 12.6. The van der Waals surface area contributed by atoms with E-state index >= 15 is 0 Å². The van der Waals surface area contributed by atoms with Crippen molar-refractivity contribution in [2.24, 2.45) is 5.92 Å². The number of amides is 2. The Bertz CT molecular complexity index is 645. The summed E-state index contributed by atoms with van der Waals surface area (Å²) < 4.78 is 0. The number of carbonyl (C=O) groups excluding carboxylic acids is 2. The molecule has 2 amide bonds. The Morgan fingerprint density at radius 1 is 1.24 bits per heavy atom. The molecule has 1 atom stereocenters. The molecule has 0 bridgehead atoms. The van der Waals surface area contributed by atoms with E-state index in [0.29, 0.717) is 32.5 Å². The average Bonchev–Trinajstić information content (AvgIpc) is 2.61. The third-order valence-corrected chi connectivity index (χ3v) is 4.78. The number of anilines is 2. The maximum absolute atomic E-state index is 12.6. The van der Waals surface area contributed by atoms with Crippen LogP contribution < -0.4 is 15.1 Å². The molecule has 0 spiro atoms. The lowest BCUT2D eigenvalue weighted by atomic mass is 9.97. The van der Waals surface area contributed by atoms with E-state index in [1.807, 2.05) is 36.9 Å². The predicted molar refractivity (Wildman–Crippen MR) is 95.6 cm³/mol.